The molecule has 1 heterocycles. The van der Waals surface area contributed by atoms with E-state index < -0.39 is 53.6 Å². The summed E-state index contributed by atoms with van der Waals surface area (Å²) in [5.41, 5.74) is 0.335. The molecule has 0 saturated heterocycles. The fraction of sp³-hybridized carbons (Fsp3) is 0.429. The van der Waals surface area contributed by atoms with Crippen molar-refractivity contribution in [3.8, 4) is 11.4 Å². The maximum atomic E-state index is 14.3. The number of tetrazole rings is 1. The van der Waals surface area contributed by atoms with E-state index in [1.807, 2.05) is 58.0 Å². The molecular formula is C28H34F2N6O4. The van der Waals surface area contributed by atoms with Crippen LogP contribution in [0.3, 0.4) is 0 Å². The van der Waals surface area contributed by atoms with Gasteiger partial charge in [0.2, 0.25) is 5.91 Å². The molecule has 0 aliphatic carbocycles. The van der Waals surface area contributed by atoms with Crippen LogP contribution in [-0.2, 0) is 27.5 Å². The first-order valence-corrected chi connectivity index (χ1v) is 13.1. The number of aromatic nitrogens is 4. The highest BCUT2D eigenvalue weighted by Gasteiger charge is 2.29. The Morgan fingerprint density at radius 2 is 1.50 bits per heavy atom. The molecule has 2 atom stereocenters. The number of nitrogens with one attached hydrogen (secondary N) is 2. The highest BCUT2D eigenvalue weighted by atomic mass is 19.1. The third kappa shape index (κ3) is 8.65. The number of ether oxygens (including phenoxy) is 1. The molecule has 0 unspecified atom stereocenters. The minimum atomic E-state index is -0.966. The van der Waals surface area contributed by atoms with Crippen LogP contribution in [0.4, 0.5) is 13.6 Å². The zero-order valence-electron chi connectivity index (χ0n) is 22.9. The summed E-state index contributed by atoms with van der Waals surface area (Å²) in [6.45, 7) is 7.16. The Hall–Kier alpha value is -4.22. The molecule has 10 nitrogen and oxygen atoms in total. The fourth-order valence-corrected chi connectivity index (χ4v) is 4.08. The van der Waals surface area contributed by atoms with Crippen molar-refractivity contribution in [2.75, 3.05) is 0 Å². The third-order valence-electron chi connectivity index (χ3n) is 5.96. The SMILES string of the molecule is CC(C)C[C@H](NC(=O)[C@H](CC(C)C)NC(=O)OCc1ccccc1)C(=O)Cn1nnnc1-c1c(F)cccc1F. The Morgan fingerprint density at radius 3 is 2.12 bits per heavy atom. The average molecular weight is 557 g/mol. The number of carbonyl (C=O) groups excluding carboxylic acids is 3. The Balaban J connectivity index is 1.72. The molecule has 214 valence electrons. The second-order valence-electron chi connectivity index (χ2n) is 10.3. The van der Waals surface area contributed by atoms with Gasteiger partial charge in [0.15, 0.2) is 11.6 Å². The Labute approximate surface area is 231 Å². The topological polar surface area (TPSA) is 128 Å². The van der Waals surface area contributed by atoms with Gasteiger partial charge in [0.25, 0.3) is 0 Å². The van der Waals surface area contributed by atoms with Gasteiger partial charge in [-0.05, 0) is 52.8 Å². The monoisotopic (exact) mass is 556 g/mol. The summed E-state index contributed by atoms with van der Waals surface area (Å²) in [4.78, 5) is 39.1. The van der Waals surface area contributed by atoms with Crippen molar-refractivity contribution in [2.45, 2.75) is 65.8 Å². The number of hydrogen-bond acceptors (Lipinski definition) is 7. The maximum absolute atomic E-state index is 14.3. The molecule has 0 fully saturated rings. The van der Waals surface area contributed by atoms with Crippen LogP contribution in [0.5, 0.6) is 0 Å². The minimum absolute atomic E-state index is 0.0129. The Kier molecular flexibility index (Phi) is 10.8. The first-order valence-electron chi connectivity index (χ1n) is 13.1. The maximum Gasteiger partial charge on any atom is 0.408 e. The van der Waals surface area contributed by atoms with E-state index in [9.17, 15) is 23.2 Å². The first kappa shape index (κ1) is 30.3. The fourth-order valence-electron chi connectivity index (χ4n) is 4.08. The predicted molar refractivity (Wildman–Crippen MR) is 143 cm³/mol. The molecule has 3 rings (SSSR count). The summed E-state index contributed by atoms with van der Waals surface area (Å²) in [7, 11) is 0. The number of ketones is 1. The largest absolute Gasteiger partial charge is 0.445 e. The van der Waals surface area contributed by atoms with Crippen molar-refractivity contribution in [3.63, 3.8) is 0 Å². The van der Waals surface area contributed by atoms with Crippen molar-refractivity contribution in [1.82, 2.24) is 30.8 Å². The summed E-state index contributed by atoms with van der Waals surface area (Å²) >= 11 is 0. The number of benzene rings is 2. The zero-order valence-corrected chi connectivity index (χ0v) is 22.9. The molecule has 2 amide bonds. The lowest BCUT2D eigenvalue weighted by molar-refractivity contribution is -0.129. The molecule has 40 heavy (non-hydrogen) atoms. The smallest absolute Gasteiger partial charge is 0.408 e. The molecule has 0 aliphatic rings. The molecular weight excluding hydrogens is 522 g/mol. The third-order valence-corrected chi connectivity index (χ3v) is 5.96. The molecule has 3 aromatic rings. The minimum Gasteiger partial charge on any atom is -0.445 e. The van der Waals surface area contributed by atoms with Crippen LogP contribution in [0.2, 0.25) is 0 Å². The number of hydrogen-bond donors (Lipinski definition) is 2. The lowest BCUT2D eigenvalue weighted by Crippen LogP contribution is -2.52. The van der Waals surface area contributed by atoms with Gasteiger partial charge in [-0.2, -0.15) is 0 Å². The van der Waals surface area contributed by atoms with Gasteiger partial charge in [0.1, 0.15) is 30.8 Å². The van der Waals surface area contributed by atoms with Crippen molar-refractivity contribution >= 4 is 17.8 Å². The Bertz CT molecular complexity index is 1280. The van der Waals surface area contributed by atoms with Gasteiger partial charge in [0.05, 0.1) is 11.6 Å². The van der Waals surface area contributed by atoms with Gasteiger partial charge in [-0.3, -0.25) is 9.59 Å². The van der Waals surface area contributed by atoms with E-state index >= 15 is 0 Å². The van der Waals surface area contributed by atoms with E-state index in [2.05, 4.69) is 26.2 Å². The van der Waals surface area contributed by atoms with Crippen LogP contribution < -0.4 is 10.6 Å². The summed E-state index contributed by atoms with van der Waals surface area (Å²) in [5, 5.41) is 16.2. The van der Waals surface area contributed by atoms with E-state index in [-0.39, 0.29) is 30.7 Å². The predicted octanol–water partition coefficient (Wildman–Crippen LogP) is 4.06. The molecule has 1 aromatic heterocycles. The number of rotatable bonds is 13. The second kappa shape index (κ2) is 14.2. The van der Waals surface area contributed by atoms with Gasteiger partial charge in [0, 0.05) is 0 Å². The van der Waals surface area contributed by atoms with Crippen LogP contribution in [0.25, 0.3) is 11.4 Å². The van der Waals surface area contributed by atoms with Gasteiger partial charge >= 0.3 is 6.09 Å². The molecule has 2 aromatic carbocycles. The number of carbonyl (C=O) groups is 3. The summed E-state index contributed by atoms with van der Waals surface area (Å²) in [6, 6.07) is 10.5. The molecule has 12 heteroatoms. The van der Waals surface area contributed by atoms with Gasteiger partial charge < -0.3 is 15.4 Å². The Morgan fingerprint density at radius 1 is 0.875 bits per heavy atom. The molecule has 0 radical (unpaired) electrons. The van der Waals surface area contributed by atoms with Crippen LogP contribution in [0, 0.1) is 23.5 Å². The second-order valence-corrected chi connectivity index (χ2v) is 10.3. The normalized spacial score (nSPS) is 12.7. The van der Waals surface area contributed by atoms with Crippen LogP contribution in [0.1, 0.15) is 46.1 Å². The lowest BCUT2D eigenvalue weighted by Gasteiger charge is -2.25. The van der Waals surface area contributed by atoms with E-state index in [0.29, 0.717) is 6.42 Å². The highest BCUT2D eigenvalue weighted by Crippen LogP contribution is 2.23. The summed E-state index contributed by atoms with van der Waals surface area (Å²) < 4.78 is 35.0. The number of amides is 2. The van der Waals surface area contributed by atoms with Crippen molar-refractivity contribution < 1.29 is 27.9 Å². The van der Waals surface area contributed by atoms with Crippen LogP contribution >= 0.6 is 0 Å². The lowest BCUT2D eigenvalue weighted by atomic mass is 9.98. The van der Waals surface area contributed by atoms with Crippen LogP contribution in [0.15, 0.2) is 48.5 Å². The number of nitrogens with zero attached hydrogens (tertiary/aromatic N) is 4. The average Bonchev–Trinajstić information content (AvgIpc) is 3.34. The zero-order chi connectivity index (χ0) is 29.2. The number of Topliss-reactive ketones (excluding diaryl/α,β-unsaturated/α-hetero) is 1. The van der Waals surface area contributed by atoms with E-state index in [1.54, 1.807) is 0 Å². The van der Waals surface area contributed by atoms with E-state index in [0.717, 1.165) is 22.4 Å². The number of halogens is 2. The summed E-state index contributed by atoms with van der Waals surface area (Å²) in [5.74, 6) is -2.97. The van der Waals surface area contributed by atoms with Crippen molar-refractivity contribution in [1.29, 1.82) is 0 Å². The van der Waals surface area contributed by atoms with Crippen LogP contribution in [-0.4, -0.2) is 50.1 Å². The first-order chi connectivity index (χ1) is 19.0. The van der Waals surface area contributed by atoms with Crippen molar-refractivity contribution in [3.05, 3.63) is 65.7 Å². The van der Waals surface area contributed by atoms with Gasteiger partial charge in [-0.1, -0.05) is 64.1 Å². The van der Waals surface area contributed by atoms with Gasteiger partial charge in [-0.15, -0.1) is 5.10 Å². The standard InChI is InChI=1S/C28H34F2N6O4/c1-17(2)13-22(24(37)15-36-26(33-34-35-36)25-20(29)11-8-12-21(25)30)31-27(38)23(14-18(3)4)32-28(39)40-16-19-9-6-5-7-10-19/h5-12,17-18,22-23H,13-16H2,1-4H3,(H,31,38)(H,32,39)/t22-,23-/m0/s1. The van der Waals surface area contributed by atoms with Gasteiger partial charge in [-0.25, -0.2) is 18.3 Å². The van der Waals surface area contributed by atoms with E-state index in [1.165, 1.54) is 6.07 Å². The quantitative estimate of drug-likeness (QED) is 0.325. The van der Waals surface area contributed by atoms with E-state index in [4.69, 9.17) is 4.74 Å². The number of alkyl carbamates (subject to hydrolysis) is 1. The highest BCUT2D eigenvalue weighted by molar-refractivity contribution is 5.92. The van der Waals surface area contributed by atoms with Crippen molar-refractivity contribution in [2.24, 2.45) is 11.8 Å². The molecule has 2 N–H and O–H groups in total. The molecule has 0 saturated carbocycles. The molecule has 0 spiro atoms. The molecule has 0 bridgehead atoms. The summed E-state index contributed by atoms with van der Waals surface area (Å²) in [6.07, 6.45) is -0.178. The molecule has 0 aliphatic heterocycles.